The lowest BCUT2D eigenvalue weighted by molar-refractivity contribution is 0.00525. The predicted octanol–water partition coefficient (Wildman–Crippen LogP) is 1.95. The number of aliphatic hydroxyl groups excluding tert-OH is 1. The Morgan fingerprint density at radius 3 is 2.22 bits per heavy atom. The summed E-state index contributed by atoms with van der Waals surface area (Å²) in [4.78, 5) is 4.86. The van der Waals surface area contributed by atoms with Gasteiger partial charge >= 0.3 is 0 Å². The molecule has 0 saturated heterocycles. The molecule has 2 fully saturated rings. The molecule has 0 aromatic heterocycles. The molecule has 1 N–H and O–H groups in total. The van der Waals surface area contributed by atoms with Gasteiger partial charge in [-0.2, -0.15) is 0 Å². The van der Waals surface area contributed by atoms with E-state index in [9.17, 15) is 5.11 Å². The van der Waals surface area contributed by atoms with E-state index in [4.69, 9.17) is 0 Å². The monoisotopic (exact) mass is 254 g/mol. The fourth-order valence-electron chi connectivity index (χ4n) is 3.70. The maximum absolute atomic E-state index is 10.1. The van der Waals surface area contributed by atoms with Crippen molar-refractivity contribution in [2.45, 2.75) is 56.6 Å². The van der Waals surface area contributed by atoms with Crippen molar-refractivity contribution in [1.29, 1.82) is 0 Å². The Morgan fingerprint density at radius 1 is 1.06 bits per heavy atom. The smallest absolute Gasteiger partial charge is 0.0580 e. The molecule has 106 valence electrons. The van der Waals surface area contributed by atoms with Gasteiger partial charge in [-0.1, -0.05) is 12.8 Å². The van der Waals surface area contributed by atoms with E-state index in [1.54, 1.807) is 0 Å². The van der Waals surface area contributed by atoms with Crippen molar-refractivity contribution in [2.75, 3.05) is 34.2 Å². The number of hydrogen-bond acceptors (Lipinski definition) is 3. The molecule has 0 aromatic carbocycles. The summed E-state index contributed by atoms with van der Waals surface area (Å²) in [6.45, 7) is 2.22. The maximum Gasteiger partial charge on any atom is 0.0580 e. The van der Waals surface area contributed by atoms with Gasteiger partial charge in [-0.15, -0.1) is 0 Å². The molecule has 0 aliphatic heterocycles. The maximum atomic E-state index is 10.1. The van der Waals surface area contributed by atoms with Crippen LogP contribution in [0.25, 0.3) is 0 Å². The summed E-state index contributed by atoms with van der Waals surface area (Å²) in [7, 11) is 6.65. The van der Waals surface area contributed by atoms with Crippen LogP contribution in [-0.4, -0.2) is 60.8 Å². The van der Waals surface area contributed by atoms with Gasteiger partial charge in [0.1, 0.15) is 0 Å². The second kappa shape index (κ2) is 5.89. The van der Waals surface area contributed by atoms with Gasteiger partial charge in [-0.3, -0.25) is 0 Å². The number of hydrogen-bond donors (Lipinski definition) is 1. The average molecular weight is 254 g/mol. The van der Waals surface area contributed by atoms with Crippen LogP contribution in [0.15, 0.2) is 0 Å². The van der Waals surface area contributed by atoms with Gasteiger partial charge in [-0.25, -0.2) is 0 Å². The largest absolute Gasteiger partial charge is 0.393 e. The summed E-state index contributed by atoms with van der Waals surface area (Å²) in [6, 6.07) is 0. The van der Waals surface area contributed by atoms with Crippen molar-refractivity contribution in [3.05, 3.63) is 0 Å². The van der Waals surface area contributed by atoms with E-state index in [1.165, 1.54) is 38.5 Å². The first-order valence-electron chi connectivity index (χ1n) is 7.57. The molecule has 2 aliphatic carbocycles. The van der Waals surface area contributed by atoms with Gasteiger partial charge in [0.25, 0.3) is 0 Å². The quantitative estimate of drug-likeness (QED) is 0.812. The number of aliphatic hydroxyl groups is 1. The first kappa shape index (κ1) is 14.3. The first-order valence-corrected chi connectivity index (χ1v) is 7.57. The van der Waals surface area contributed by atoms with E-state index < -0.39 is 0 Å². The standard InChI is InChI=1S/C15H30N2O/c1-16(2)15(9-6-10-15)12-17(3)11-13-7-4-5-8-14(13)18/h13-14,18H,4-12H2,1-3H3. The number of rotatable bonds is 5. The highest BCUT2D eigenvalue weighted by atomic mass is 16.3. The molecular weight excluding hydrogens is 224 g/mol. The Balaban J connectivity index is 1.82. The van der Waals surface area contributed by atoms with E-state index in [2.05, 4.69) is 30.9 Å². The van der Waals surface area contributed by atoms with E-state index in [-0.39, 0.29) is 6.10 Å². The first-order chi connectivity index (χ1) is 8.53. The van der Waals surface area contributed by atoms with Crippen LogP contribution in [0.1, 0.15) is 44.9 Å². The Morgan fingerprint density at radius 2 is 1.72 bits per heavy atom. The molecular formula is C15H30N2O. The summed E-state index contributed by atoms with van der Waals surface area (Å²) in [6.07, 6.45) is 8.71. The molecule has 2 atom stereocenters. The molecule has 18 heavy (non-hydrogen) atoms. The molecule has 0 aromatic rings. The van der Waals surface area contributed by atoms with Crippen LogP contribution in [0.4, 0.5) is 0 Å². The second-order valence-corrected chi connectivity index (χ2v) is 6.78. The number of nitrogens with zero attached hydrogens (tertiary/aromatic N) is 2. The highest BCUT2D eigenvalue weighted by Gasteiger charge is 2.40. The summed E-state index contributed by atoms with van der Waals surface area (Å²) in [5.41, 5.74) is 0.411. The molecule has 0 heterocycles. The van der Waals surface area contributed by atoms with Crippen LogP contribution in [-0.2, 0) is 0 Å². The minimum atomic E-state index is -0.0575. The van der Waals surface area contributed by atoms with Crippen LogP contribution >= 0.6 is 0 Å². The molecule has 0 amide bonds. The third-order valence-corrected chi connectivity index (χ3v) is 5.21. The van der Waals surface area contributed by atoms with E-state index >= 15 is 0 Å². The zero-order valence-corrected chi connectivity index (χ0v) is 12.4. The molecule has 2 saturated carbocycles. The summed E-state index contributed by atoms with van der Waals surface area (Å²) >= 11 is 0. The van der Waals surface area contributed by atoms with Gasteiger partial charge in [0.15, 0.2) is 0 Å². The fourth-order valence-corrected chi connectivity index (χ4v) is 3.70. The second-order valence-electron chi connectivity index (χ2n) is 6.78. The Kier molecular flexibility index (Phi) is 4.68. The van der Waals surface area contributed by atoms with Crippen molar-refractivity contribution in [2.24, 2.45) is 5.92 Å². The van der Waals surface area contributed by atoms with Crippen LogP contribution in [0, 0.1) is 5.92 Å². The highest BCUT2D eigenvalue weighted by Crippen LogP contribution is 2.37. The lowest BCUT2D eigenvalue weighted by Crippen LogP contribution is -2.57. The minimum absolute atomic E-state index is 0.0575. The average Bonchev–Trinajstić information content (AvgIpc) is 2.26. The van der Waals surface area contributed by atoms with E-state index in [1.807, 2.05) is 0 Å². The van der Waals surface area contributed by atoms with Crippen LogP contribution in [0.2, 0.25) is 0 Å². The Hall–Kier alpha value is -0.120. The van der Waals surface area contributed by atoms with Gasteiger partial charge in [0.05, 0.1) is 6.10 Å². The van der Waals surface area contributed by atoms with Crippen LogP contribution in [0.5, 0.6) is 0 Å². The Labute approximate surface area is 112 Å². The van der Waals surface area contributed by atoms with E-state index in [0.29, 0.717) is 11.5 Å². The normalized spacial score (nSPS) is 31.7. The van der Waals surface area contributed by atoms with Crippen molar-refractivity contribution in [1.82, 2.24) is 9.80 Å². The lowest BCUT2D eigenvalue weighted by Gasteiger charge is -2.49. The molecule has 2 rings (SSSR count). The molecule has 0 radical (unpaired) electrons. The molecule has 0 spiro atoms. The molecule has 0 bridgehead atoms. The van der Waals surface area contributed by atoms with Gasteiger partial charge < -0.3 is 14.9 Å². The third kappa shape index (κ3) is 3.06. The minimum Gasteiger partial charge on any atom is -0.393 e. The van der Waals surface area contributed by atoms with Gasteiger partial charge in [-0.05, 0) is 59.2 Å². The van der Waals surface area contributed by atoms with E-state index in [0.717, 1.165) is 19.5 Å². The molecule has 3 nitrogen and oxygen atoms in total. The summed E-state index contributed by atoms with van der Waals surface area (Å²) in [5, 5.41) is 10.1. The highest BCUT2D eigenvalue weighted by molar-refractivity contribution is 4.98. The van der Waals surface area contributed by atoms with Crippen molar-refractivity contribution in [3.8, 4) is 0 Å². The van der Waals surface area contributed by atoms with Crippen molar-refractivity contribution in [3.63, 3.8) is 0 Å². The SMILES string of the molecule is CN(CC1CCCCC1O)CC1(N(C)C)CCC1. The van der Waals surface area contributed by atoms with Gasteiger partial charge in [0, 0.05) is 18.6 Å². The zero-order chi connectivity index (χ0) is 13.2. The van der Waals surface area contributed by atoms with Gasteiger partial charge in [0.2, 0.25) is 0 Å². The molecule has 2 unspecified atom stereocenters. The zero-order valence-electron chi connectivity index (χ0n) is 12.4. The predicted molar refractivity (Wildman–Crippen MR) is 75.7 cm³/mol. The lowest BCUT2D eigenvalue weighted by atomic mass is 9.75. The summed E-state index contributed by atoms with van der Waals surface area (Å²) in [5.74, 6) is 0.503. The molecule has 2 aliphatic rings. The topological polar surface area (TPSA) is 26.7 Å². The Bertz CT molecular complexity index is 263. The van der Waals surface area contributed by atoms with Crippen molar-refractivity contribution < 1.29 is 5.11 Å². The van der Waals surface area contributed by atoms with Crippen LogP contribution < -0.4 is 0 Å². The molecule has 3 heteroatoms. The third-order valence-electron chi connectivity index (χ3n) is 5.21. The fraction of sp³-hybridized carbons (Fsp3) is 1.00. The number of likely N-dealkylation sites (N-methyl/N-ethyl adjacent to an activating group) is 2. The summed E-state index contributed by atoms with van der Waals surface area (Å²) < 4.78 is 0. The van der Waals surface area contributed by atoms with Crippen molar-refractivity contribution >= 4 is 0 Å². The van der Waals surface area contributed by atoms with Crippen LogP contribution in [0.3, 0.4) is 0 Å².